The molecular weight excluding hydrogens is 406 g/mol. The Kier molecular flexibility index (Phi) is 6.10. The Labute approximate surface area is 187 Å². The van der Waals surface area contributed by atoms with Crippen molar-refractivity contribution in [2.75, 3.05) is 20.3 Å². The van der Waals surface area contributed by atoms with Crippen LogP contribution in [0.25, 0.3) is 11.4 Å². The van der Waals surface area contributed by atoms with Crippen molar-refractivity contribution in [3.63, 3.8) is 0 Å². The molecule has 0 saturated carbocycles. The standard InChI is InChI=1S/C25H27N3O4/c1-4-17-9-11-18(12-10-17)22-20(24(30)25(31)28(22)14-7-15-32-3)23(29)21-16(2)26-19-8-5-6-13-27(19)21/h5-6,8-13,22,29H,4,7,14-15H2,1-3H3/b23-20+. The summed E-state index contributed by atoms with van der Waals surface area (Å²) < 4.78 is 6.87. The van der Waals surface area contributed by atoms with Crippen LogP contribution in [0.2, 0.25) is 0 Å². The number of aliphatic hydroxyl groups is 1. The lowest BCUT2D eigenvalue weighted by molar-refractivity contribution is -0.140. The number of amides is 1. The molecule has 7 nitrogen and oxygen atoms in total. The number of ketones is 1. The highest BCUT2D eigenvalue weighted by molar-refractivity contribution is 6.46. The zero-order chi connectivity index (χ0) is 22.8. The van der Waals surface area contributed by atoms with Gasteiger partial charge < -0.3 is 14.7 Å². The number of aryl methyl sites for hydroxylation is 2. The van der Waals surface area contributed by atoms with Crippen LogP contribution < -0.4 is 0 Å². The maximum Gasteiger partial charge on any atom is 0.295 e. The van der Waals surface area contributed by atoms with Gasteiger partial charge in [-0.2, -0.15) is 0 Å². The number of methoxy groups -OCH3 is 1. The molecule has 1 saturated heterocycles. The summed E-state index contributed by atoms with van der Waals surface area (Å²) in [5.41, 5.74) is 3.69. The molecular formula is C25H27N3O4. The van der Waals surface area contributed by atoms with E-state index in [1.807, 2.05) is 42.5 Å². The first kappa shape index (κ1) is 21.8. The number of pyridine rings is 1. The number of fused-ring (bicyclic) bond motifs is 1. The van der Waals surface area contributed by atoms with Crippen LogP contribution in [0.15, 0.2) is 54.2 Å². The zero-order valence-electron chi connectivity index (χ0n) is 18.5. The summed E-state index contributed by atoms with van der Waals surface area (Å²) in [5, 5.41) is 11.4. The van der Waals surface area contributed by atoms with E-state index in [1.54, 1.807) is 24.6 Å². The van der Waals surface area contributed by atoms with Crippen LogP contribution >= 0.6 is 0 Å². The van der Waals surface area contributed by atoms with Gasteiger partial charge in [0.05, 0.1) is 17.3 Å². The molecule has 4 rings (SSSR count). The molecule has 0 spiro atoms. The second-order valence-electron chi connectivity index (χ2n) is 7.91. The lowest BCUT2D eigenvalue weighted by atomic mass is 9.95. The van der Waals surface area contributed by atoms with Crippen molar-refractivity contribution < 1.29 is 19.4 Å². The van der Waals surface area contributed by atoms with E-state index in [-0.39, 0.29) is 11.3 Å². The lowest BCUT2D eigenvalue weighted by Crippen LogP contribution is -2.31. The van der Waals surface area contributed by atoms with E-state index in [2.05, 4.69) is 11.9 Å². The topological polar surface area (TPSA) is 84.1 Å². The fourth-order valence-electron chi connectivity index (χ4n) is 4.30. The summed E-state index contributed by atoms with van der Waals surface area (Å²) in [5.74, 6) is -1.51. The molecule has 1 aromatic carbocycles. The Balaban J connectivity index is 1.89. The normalized spacial score (nSPS) is 18.1. The molecule has 3 aromatic rings. The van der Waals surface area contributed by atoms with Gasteiger partial charge in [-0.05, 0) is 43.0 Å². The number of ether oxygens (including phenoxy) is 1. The number of hydrogen-bond donors (Lipinski definition) is 1. The van der Waals surface area contributed by atoms with Gasteiger partial charge >= 0.3 is 0 Å². The number of imidazole rings is 1. The molecule has 1 amide bonds. The molecule has 7 heteroatoms. The Hall–Kier alpha value is -3.45. The molecule has 1 atom stereocenters. The van der Waals surface area contributed by atoms with Crippen molar-refractivity contribution in [1.82, 2.24) is 14.3 Å². The molecule has 0 bridgehead atoms. The number of benzene rings is 1. The van der Waals surface area contributed by atoms with Gasteiger partial charge in [0.1, 0.15) is 11.3 Å². The minimum absolute atomic E-state index is 0.0884. The number of aromatic nitrogens is 2. The summed E-state index contributed by atoms with van der Waals surface area (Å²) in [6.07, 6.45) is 3.25. The average molecular weight is 434 g/mol. The Morgan fingerprint density at radius 1 is 1.16 bits per heavy atom. The van der Waals surface area contributed by atoms with E-state index in [1.165, 1.54) is 4.90 Å². The van der Waals surface area contributed by atoms with Gasteiger partial charge in [0.25, 0.3) is 11.7 Å². The van der Waals surface area contributed by atoms with Crippen molar-refractivity contribution in [1.29, 1.82) is 0 Å². The molecule has 1 aliphatic heterocycles. The summed E-state index contributed by atoms with van der Waals surface area (Å²) in [6.45, 7) is 4.67. The van der Waals surface area contributed by atoms with Gasteiger partial charge in [0.2, 0.25) is 0 Å². The summed E-state index contributed by atoms with van der Waals surface area (Å²) in [7, 11) is 1.60. The van der Waals surface area contributed by atoms with Gasteiger partial charge in [0, 0.05) is 26.5 Å². The summed E-state index contributed by atoms with van der Waals surface area (Å²) >= 11 is 0. The average Bonchev–Trinajstić information content (AvgIpc) is 3.27. The number of nitrogens with zero attached hydrogens (tertiary/aromatic N) is 3. The molecule has 1 unspecified atom stereocenters. The first-order valence-corrected chi connectivity index (χ1v) is 10.8. The highest BCUT2D eigenvalue weighted by Crippen LogP contribution is 2.40. The molecule has 0 radical (unpaired) electrons. The maximum absolute atomic E-state index is 13.2. The van der Waals surface area contributed by atoms with Crippen molar-refractivity contribution in [3.05, 3.63) is 76.7 Å². The first-order valence-electron chi connectivity index (χ1n) is 10.8. The maximum atomic E-state index is 13.2. The molecule has 1 aliphatic rings. The smallest absolute Gasteiger partial charge is 0.295 e. The number of carbonyl (C=O) groups is 2. The minimum Gasteiger partial charge on any atom is -0.505 e. The van der Waals surface area contributed by atoms with E-state index in [4.69, 9.17) is 4.74 Å². The number of carbonyl (C=O) groups excluding carboxylic acids is 2. The molecule has 2 aromatic heterocycles. The fourth-order valence-corrected chi connectivity index (χ4v) is 4.30. The van der Waals surface area contributed by atoms with Crippen LogP contribution in [0.3, 0.4) is 0 Å². The van der Waals surface area contributed by atoms with E-state index in [0.29, 0.717) is 36.6 Å². The van der Waals surface area contributed by atoms with Crippen LogP contribution in [-0.2, 0) is 20.7 Å². The van der Waals surface area contributed by atoms with Gasteiger partial charge in [-0.15, -0.1) is 0 Å². The van der Waals surface area contributed by atoms with E-state index in [9.17, 15) is 14.7 Å². The Morgan fingerprint density at radius 3 is 2.59 bits per heavy atom. The van der Waals surface area contributed by atoms with E-state index in [0.717, 1.165) is 17.5 Å². The third-order valence-corrected chi connectivity index (χ3v) is 5.92. The molecule has 32 heavy (non-hydrogen) atoms. The quantitative estimate of drug-likeness (QED) is 0.266. The number of likely N-dealkylation sites (tertiary alicyclic amines) is 1. The number of aliphatic hydroxyl groups excluding tert-OH is 1. The van der Waals surface area contributed by atoms with Crippen molar-refractivity contribution >= 4 is 23.1 Å². The predicted molar refractivity (Wildman–Crippen MR) is 121 cm³/mol. The minimum atomic E-state index is -0.685. The second-order valence-corrected chi connectivity index (χ2v) is 7.91. The third kappa shape index (κ3) is 3.69. The lowest BCUT2D eigenvalue weighted by Gasteiger charge is -2.25. The van der Waals surface area contributed by atoms with Crippen LogP contribution in [0.4, 0.5) is 0 Å². The first-order chi connectivity index (χ1) is 15.5. The highest BCUT2D eigenvalue weighted by atomic mass is 16.5. The third-order valence-electron chi connectivity index (χ3n) is 5.92. The largest absolute Gasteiger partial charge is 0.505 e. The van der Waals surface area contributed by atoms with Crippen LogP contribution in [-0.4, -0.2) is 51.3 Å². The second kappa shape index (κ2) is 8.96. The van der Waals surface area contributed by atoms with E-state index >= 15 is 0 Å². The molecule has 1 N–H and O–H groups in total. The fraction of sp³-hybridized carbons (Fsp3) is 0.320. The molecule has 1 fully saturated rings. The predicted octanol–water partition coefficient (Wildman–Crippen LogP) is 3.66. The van der Waals surface area contributed by atoms with Crippen molar-refractivity contribution in [3.8, 4) is 0 Å². The van der Waals surface area contributed by atoms with Crippen LogP contribution in [0.5, 0.6) is 0 Å². The number of rotatable bonds is 7. The van der Waals surface area contributed by atoms with Gasteiger partial charge in [-0.1, -0.05) is 37.3 Å². The summed E-state index contributed by atoms with van der Waals surface area (Å²) in [6, 6.07) is 12.7. The number of hydrogen-bond acceptors (Lipinski definition) is 5. The van der Waals surface area contributed by atoms with Crippen LogP contribution in [0.1, 0.15) is 41.9 Å². The molecule has 0 aliphatic carbocycles. The summed E-state index contributed by atoms with van der Waals surface area (Å²) in [4.78, 5) is 32.2. The SMILES string of the molecule is CCc1ccc(C2/C(=C(\O)c3c(C)nc4ccccn34)C(=O)C(=O)N2CCCOC)cc1. The molecule has 166 valence electrons. The van der Waals surface area contributed by atoms with Crippen molar-refractivity contribution in [2.45, 2.75) is 32.7 Å². The monoisotopic (exact) mass is 433 g/mol. The van der Waals surface area contributed by atoms with Gasteiger partial charge in [0.15, 0.2) is 5.76 Å². The molecule has 3 heterocycles. The zero-order valence-corrected chi connectivity index (χ0v) is 18.5. The van der Waals surface area contributed by atoms with Gasteiger partial charge in [-0.3, -0.25) is 14.0 Å². The van der Waals surface area contributed by atoms with Crippen LogP contribution in [0, 0.1) is 6.92 Å². The Morgan fingerprint density at radius 2 is 1.91 bits per heavy atom. The number of Topliss-reactive ketones (excluding diaryl/α,β-unsaturated/α-hetero) is 1. The van der Waals surface area contributed by atoms with Crippen molar-refractivity contribution in [2.24, 2.45) is 0 Å². The van der Waals surface area contributed by atoms with E-state index < -0.39 is 17.7 Å². The van der Waals surface area contributed by atoms with Gasteiger partial charge in [-0.25, -0.2) is 4.98 Å². The Bertz CT molecular complexity index is 1190. The highest BCUT2D eigenvalue weighted by Gasteiger charge is 2.46.